The van der Waals surface area contributed by atoms with Crippen LogP contribution in [0.5, 0.6) is 10.8 Å². The Hall–Kier alpha value is -3.08. The van der Waals surface area contributed by atoms with E-state index in [1.807, 2.05) is 4.98 Å². The molecule has 0 amide bonds. The van der Waals surface area contributed by atoms with Crippen molar-refractivity contribution in [3.63, 3.8) is 0 Å². The molecule has 142 valence electrons. The van der Waals surface area contributed by atoms with Crippen molar-refractivity contribution in [2.75, 3.05) is 0 Å². The number of nitrogens with one attached hydrogen (secondary N) is 1. The summed E-state index contributed by atoms with van der Waals surface area (Å²) in [6.45, 7) is 1.61. The zero-order chi connectivity index (χ0) is 19.9. The lowest BCUT2D eigenvalue weighted by molar-refractivity contribution is -0.137. The van der Waals surface area contributed by atoms with Crippen LogP contribution in [0.25, 0.3) is 5.69 Å². The highest BCUT2D eigenvalue weighted by Gasteiger charge is 2.32. The number of H-pyrrole nitrogens is 1. The van der Waals surface area contributed by atoms with Crippen LogP contribution >= 0.6 is 11.3 Å². The molecule has 0 saturated heterocycles. The second kappa shape index (κ2) is 6.58. The molecule has 0 radical (unpaired) electrons. The van der Waals surface area contributed by atoms with Crippen LogP contribution in [0.1, 0.15) is 11.1 Å². The van der Waals surface area contributed by atoms with Crippen LogP contribution in [0.4, 0.5) is 13.2 Å². The van der Waals surface area contributed by atoms with Gasteiger partial charge in [-0.15, -0.1) is 11.3 Å². The molecule has 11 heteroatoms. The van der Waals surface area contributed by atoms with E-state index < -0.39 is 28.8 Å². The van der Waals surface area contributed by atoms with Crippen LogP contribution < -0.4 is 21.8 Å². The SMILES string of the molecule is Cc1cc(-n2c(=O)[nH]c(=O)n(C)c2=O)ccc1Oc1cc(C(F)(F)F)cs1. The molecule has 0 unspecified atom stereocenters. The number of ether oxygens (including phenoxy) is 1. The molecule has 3 aromatic rings. The van der Waals surface area contributed by atoms with Crippen molar-refractivity contribution in [3.05, 3.63) is 72.2 Å². The number of nitrogens with zero attached hydrogens (tertiary/aromatic N) is 2. The van der Waals surface area contributed by atoms with Crippen LogP contribution in [0.15, 0.2) is 44.0 Å². The molecule has 0 bridgehead atoms. The second-order valence-corrected chi connectivity index (χ2v) is 6.49. The molecular formula is C16H12F3N3O4S. The number of thiophene rings is 1. The lowest BCUT2D eigenvalue weighted by atomic mass is 10.2. The topological polar surface area (TPSA) is 86.1 Å². The Labute approximate surface area is 152 Å². The van der Waals surface area contributed by atoms with Gasteiger partial charge in [0.15, 0.2) is 5.06 Å². The van der Waals surface area contributed by atoms with Gasteiger partial charge < -0.3 is 4.74 Å². The molecule has 3 rings (SSSR count). The predicted molar refractivity (Wildman–Crippen MR) is 92.0 cm³/mol. The van der Waals surface area contributed by atoms with Gasteiger partial charge in [-0.05, 0) is 30.7 Å². The summed E-state index contributed by atoms with van der Waals surface area (Å²) < 4.78 is 45.0. The molecule has 0 saturated carbocycles. The molecule has 0 aliphatic heterocycles. The number of hydrogen-bond acceptors (Lipinski definition) is 5. The van der Waals surface area contributed by atoms with Gasteiger partial charge in [-0.1, -0.05) is 0 Å². The maximum absolute atomic E-state index is 12.7. The van der Waals surface area contributed by atoms with E-state index in [9.17, 15) is 27.6 Å². The molecule has 27 heavy (non-hydrogen) atoms. The Morgan fingerprint density at radius 3 is 2.41 bits per heavy atom. The molecule has 0 aliphatic carbocycles. The molecule has 1 aromatic carbocycles. The van der Waals surface area contributed by atoms with Gasteiger partial charge in [0.25, 0.3) is 0 Å². The standard InChI is InChI=1S/C16H12F3N3O4S/c1-8-5-10(22-14(24)20-13(23)21(2)15(22)25)3-4-11(8)26-12-6-9(7-27-12)16(17,18)19/h3-7H,1-2H3,(H,20,23,24). The van der Waals surface area contributed by atoms with Gasteiger partial charge in [-0.3, -0.25) is 4.98 Å². The highest BCUT2D eigenvalue weighted by molar-refractivity contribution is 7.12. The van der Waals surface area contributed by atoms with E-state index in [-0.39, 0.29) is 16.5 Å². The third-order valence-electron chi connectivity index (χ3n) is 3.73. The Kier molecular flexibility index (Phi) is 4.56. The summed E-state index contributed by atoms with van der Waals surface area (Å²) in [5, 5.41) is 0.998. The second-order valence-electron chi connectivity index (χ2n) is 5.62. The first kappa shape index (κ1) is 18.7. The summed E-state index contributed by atoms with van der Waals surface area (Å²) in [4.78, 5) is 37.6. The van der Waals surface area contributed by atoms with E-state index >= 15 is 0 Å². The summed E-state index contributed by atoms with van der Waals surface area (Å²) in [7, 11) is 1.22. The molecule has 0 spiro atoms. The van der Waals surface area contributed by atoms with Gasteiger partial charge >= 0.3 is 23.2 Å². The number of aromatic nitrogens is 3. The average molecular weight is 399 g/mol. The smallest absolute Gasteiger partial charge is 0.417 e. The normalized spacial score (nSPS) is 11.6. The number of aromatic amines is 1. The Morgan fingerprint density at radius 1 is 1.11 bits per heavy atom. The molecule has 2 heterocycles. The predicted octanol–water partition coefficient (Wildman–Crippen LogP) is 2.41. The summed E-state index contributed by atoms with van der Waals surface area (Å²) in [5.41, 5.74) is -2.70. The van der Waals surface area contributed by atoms with Gasteiger partial charge in [-0.2, -0.15) is 13.2 Å². The highest BCUT2D eigenvalue weighted by Crippen LogP contribution is 2.38. The van der Waals surface area contributed by atoms with Gasteiger partial charge in [0, 0.05) is 18.5 Å². The number of hydrogen-bond donors (Lipinski definition) is 1. The Bertz CT molecular complexity index is 1190. The number of aryl methyl sites for hydroxylation is 1. The van der Waals surface area contributed by atoms with E-state index in [2.05, 4.69) is 0 Å². The Morgan fingerprint density at radius 2 is 1.81 bits per heavy atom. The molecule has 0 atom stereocenters. The van der Waals surface area contributed by atoms with Gasteiger partial charge in [0.1, 0.15) is 5.75 Å². The monoisotopic (exact) mass is 399 g/mol. The lowest BCUT2D eigenvalue weighted by Gasteiger charge is -2.10. The summed E-state index contributed by atoms with van der Waals surface area (Å²) in [6, 6.07) is 5.16. The van der Waals surface area contributed by atoms with E-state index in [0.29, 0.717) is 5.56 Å². The minimum atomic E-state index is -4.46. The largest absolute Gasteiger partial charge is 0.446 e. The van der Waals surface area contributed by atoms with Crippen molar-refractivity contribution in [2.45, 2.75) is 13.1 Å². The number of rotatable bonds is 3. The maximum Gasteiger partial charge on any atom is 0.417 e. The van der Waals surface area contributed by atoms with Crippen molar-refractivity contribution in [1.29, 1.82) is 0 Å². The van der Waals surface area contributed by atoms with Gasteiger partial charge in [0.2, 0.25) is 0 Å². The number of alkyl halides is 3. The van der Waals surface area contributed by atoms with Crippen molar-refractivity contribution >= 4 is 11.3 Å². The van der Waals surface area contributed by atoms with Crippen molar-refractivity contribution in [1.82, 2.24) is 14.1 Å². The van der Waals surface area contributed by atoms with Crippen LogP contribution in [0.3, 0.4) is 0 Å². The zero-order valence-corrected chi connectivity index (χ0v) is 14.8. The molecular weight excluding hydrogens is 387 g/mol. The fourth-order valence-corrected chi connectivity index (χ4v) is 3.07. The Balaban J connectivity index is 1.97. The third kappa shape index (κ3) is 3.58. The fourth-order valence-electron chi connectivity index (χ4n) is 2.30. The molecule has 2 aromatic heterocycles. The highest BCUT2D eigenvalue weighted by atomic mass is 32.1. The summed E-state index contributed by atoms with van der Waals surface area (Å²) in [5.74, 6) is 0.267. The molecule has 7 nitrogen and oxygen atoms in total. The van der Waals surface area contributed by atoms with Gasteiger partial charge in [-0.25, -0.2) is 23.5 Å². The fraction of sp³-hybridized carbons (Fsp3) is 0.188. The maximum atomic E-state index is 12.7. The zero-order valence-electron chi connectivity index (χ0n) is 14.0. The van der Waals surface area contributed by atoms with Crippen LogP contribution in [0, 0.1) is 6.92 Å². The first-order valence-corrected chi connectivity index (χ1v) is 8.33. The summed E-state index contributed by atoms with van der Waals surface area (Å²) >= 11 is 0.799. The van der Waals surface area contributed by atoms with Crippen LogP contribution in [0.2, 0.25) is 0 Å². The first-order chi connectivity index (χ1) is 12.6. The van der Waals surface area contributed by atoms with Crippen molar-refractivity contribution in [3.8, 4) is 16.5 Å². The van der Waals surface area contributed by atoms with E-state index in [4.69, 9.17) is 4.74 Å². The number of halogens is 3. The average Bonchev–Trinajstić information content (AvgIpc) is 3.04. The third-order valence-corrected chi connectivity index (χ3v) is 4.54. The molecule has 0 fully saturated rings. The minimum Gasteiger partial charge on any atom is -0.446 e. The van der Waals surface area contributed by atoms with Crippen LogP contribution in [-0.4, -0.2) is 14.1 Å². The molecule has 1 N–H and O–H groups in total. The van der Waals surface area contributed by atoms with Gasteiger partial charge in [0.05, 0.1) is 11.3 Å². The number of benzene rings is 1. The van der Waals surface area contributed by atoms with Crippen molar-refractivity contribution < 1.29 is 17.9 Å². The van der Waals surface area contributed by atoms with E-state index in [1.165, 1.54) is 25.2 Å². The summed E-state index contributed by atoms with van der Waals surface area (Å²) in [6.07, 6.45) is -4.46. The minimum absolute atomic E-state index is 0.0512. The van der Waals surface area contributed by atoms with Crippen LogP contribution in [-0.2, 0) is 13.2 Å². The van der Waals surface area contributed by atoms with Crippen molar-refractivity contribution in [2.24, 2.45) is 7.05 Å². The quantitative estimate of drug-likeness (QED) is 0.733. The van der Waals surface area contributed by atoms with E-state index in [0.717, 1.165) is 31.9 Å². The lowest BCUT2D eigenvalue weighted by Crippen LogP contribution is -2.47. The molecule has 0 aliphatic rings. The first-order valence-electron chi connectivity index (χ1n) is 7.45. The van der Waals surface area contributed by atoms with E-state index in [1.54, 1.807) is 6.92 Å².